The molecule has 0 bridgehead atoms. The van der Waals surface area contributed by atoms with E-state index in [1.54, 1.807) is 12.1 Å². The van der Waals surface area contributed by atoms with Crippen molar-refractivity contribution >= 4 is 23.8 Å². The lowest BCUT2D eigenvalue weighted by Crippen LogP contribution is -2.51. The zero-order chi connectivity index (χ0) is 18.1. The van der Waals surface area contributed by atoms with Crippen molar-refractivity contribution in [3.8, 4) is 0 Å². The highest BCUT2D eigenvalue weighted by molar-refractivity contribution is 7.90. The molecule has 1 rings (SSSR count). The summed E-state index contributed by atoms with van der Waals surface area (Å²) in [6.45, 7) is 7.38. The van der Waals surface area contributed by atoms with E-state index in [1.165, 1.54) is 12.1 Å². The van der Waals surface area contributed by atoms with Crippen molar-refractivity contribution in [2.24, 2.45) is 4.52 Å². The first-order valence-electron chi connectivity index (χ1n) is 8.09. The molecule has 134 valence electrons. The SMILES string of the molecule is CCCCO[Si](C)(OCCCC)c1ccc(S(=O)(=O)N=[N+]=[N-])cc1. The second-order valence-corrected chi connectivity index (χ2v) is 10.2. The third-order valence-corrected chi connectivity index (χ3v) is 7.62. The normalized spacial score (nSPS) is 12.0. The number of hydrogen-bond acceptors (Lipinski definition) is 4. The Hall–Kier alpha value is -1.38. The summed E-state index contributed by atoms with van der Waals surface area (Å²) in [5, 5.41) is 0.856. The third-order valence-electron chi connectivity index (χ3n) is 3.57. The number of nitrogens with zero attached hydrogens (tertiary/aromatic N) is 3. The van der Waals surface area contributed by atoms with Crippen LogP contribution in [0.2, 0.25) is 6.55 Å². The molecule has 0 aliphatic carbocycles. The summed E-state index contributed by atoms with van der Waals surface area (Å²) in [6.07, 6.45) is 3.96. The first kappa shape index (κ1) is 20.7. The van der Waals surface area contributed by atoms with E-state index in [4.69, 9.17) is 14.4 Å². The standard InChI is InChI=1S/C15H25N3O4SSi/c1-4-6-12-21-24(3,22-13-7-5-2)15-10-8-14(9-11-15)23(19,20)18-17-16/h8-11H,4-7,12-13H2,1-3H3. The fraction of sp³-hybridized carbons (Fsp3) is 0.600. The lowest BCUT2D eigenvalue weighted by molar-refractivity contribution is 0.181. The Kier molecular flexibility index (Phi) is 8.44. The molecule has 0 unspecified atom stereocenters. The summed E-state index contributed by atoms with van der Waals surface area (Å²) in [5.74, 6) is 0. The predicted octanol–water partition coefficient (Wildman–Crippen LogP) is 3.60. The number of azide groups is 1. The van der Waals surface area contributed by atoms with Crippen LogP contribution >= 0.6 is 0 Å². The van der Waals surface area contributed by atoms with Crippen LogP contribution < -0.4 is 5.19 Å². The fourth-order valence-corrected chi connectivity index (χ4v) is 4.98. The van der Waals surface area contributed by atoms with Crippen LogP contribution in [0.1, 0.15) is 39.5 Å². The molecule has 9 heteroatoms. The van der Waals surface area contributed by atoms with Crippen LogP contribution in [0, 0.1) is 0 Å². The van der Waals surface area contributed by atoms with Crippen molar-refractivity contribution < 1.29 is 17.3 Å². The van der Waals surface area contributed by atoms with Gasteiger partial charge in [-0.15, -0.1) is 0 Å². The minimum atomic E-state index is -3.97. The van der Waals surface area contributed by atoms with Gasteiger partial charge in [-0.1, -0.05) is 38.8 Å². The maximum atomic E-state index is 11.7. The van der Waals surface area contributed by atoms with Crippen molar-refractivity contribution in [3.63, 3.8) is 0 Å². The number of rotatable bonds is 11. The van der Waals surface area contributed by atoms with E-state index in [-0.39, 0.29) is 4.90 Å². The first-order valence-corrected chi connectivity index (χ1v) is 11.8. The topological polar surface area (TPSA) is 101 Å². The molecular weight excluding hydrogens is 346 g/mol. The Morgan fingerprint density at radius 1 is 1.08 bits per heavy atom. The van der Waals surface area contributed by atoms with E-state index in [0.29, 0.717) is 13.2 Å². The van der Waals surface area contributed by atoms with Crippen molar-refractivity contribution in [1.82, 2.24) is 0 Å². The minimum absolute atomic E-state index is 0.0393. The molecule has 0 saturated carbocycles. The molecule has 1 aromatic carbocycles. The Balaban J connectivity index is 3.02. The number of hydrogen-bond donors (Lipinski definition) is 0. The Morgan fingerprint density at radius 3 is 2.00 bits per heavy atom. The smallest absolute Gasteiger partial charge is 0.369 e. The number of unbranched alkanes of at least 4 members (excludes halogenated alkanes) is 2. The molecule has 0 aliphatic heterocycles. The highest BCUT2D eigenvalue weighted by Gasteiger charge is 2.34. The van der Waals surface area contributed by atoms with Gasteiger partial charge in [-0.3, -0.25) is 0 Å². The molecule has 0 fully saturated rings. The molecule has 0 N–H and O–H groups in total. The highest BCUT2D eigenvalue weighted by atomic mass is 32.2. The zero-order valence-electron chi connectivity index (χ0n) is 14.4. The quantitative estimate of drug-likeness (QED) is 0.195. The summed E-state index contributed by atoms with van der Waals surface area (Å²) >= 11 is 0. The van der Waals surface area contributed by atoms with Gasteiger partial charge in [0.2, 0.25) is 0 Å². The van der Waals surface area contributed by atoms with Gasteiger partial charge in [0.05, 0.1) is 4.90 Å². The summed E-state index contributed by atoms with van der Waals surface area (Å²) in [7, 11) is -6.57. The van der Waals surface area contributed by atoms with Crippen LogP contribution in [0.25, 0.3) is 10.4 Å². The molecule has 0 heterocycles. The van der Waals surface area contributed by atoms with E-state index in [0.717, 1.165) is 30.9 Å². The van der Waals surface area contributed by atoms with Gasteiger partial charge in [0.1, 0.15) is 0 Å². The van der Waals surface area contributed by atoms with Crippen LogP contribution in [0.15, 0.2) is 33.7 Å². The fourth-order valence-electron chi connectivity index (χ4n) is 2.06. The molecule has 24 heavy (non-hydrogen) atoms. The Bertz CT molecular complexity index is 648. The minimum Gasteiger partial charge on any atom is -0.391 e. The van der Waals surface area contributed by atoms with Crippen LogP contribution in [0.5, 0.6) is 0 Å². The first-order chi connectivity index (χ1) is 11.4. The van der Waals surface area contributed by atoms with Gasteiger partial charge >= 0.3 is 8.56 Å². The monoisotopic (exact) mass is 371 g/mol. The molecule has 1 aromatic rings. The van der Waals surface area contributed by atoms with E-state index in [9.17, 15) is 8.42 Å². The highest BCUT2D eigenvalue weighted by Crippen LogP contribution is 2.15. The van der Waals surface area contributed by atoms with Crippen LogP contribution in [-0.2, 0) is 18.9 Å². The van der Waals surface area contributed by atoms with Gasteiger partial charge < -0.3 is 8.85 Å². The molecule has 0 aliphatic rings. The Morgan fingerprint density at radius 2 is 1.58 bits per heavy atom. The molecule has 0 aromatic heterocycles. The zero-order valence-corrected chi connectivity index (χ0v) is 16.3. The Labute approximate surface area is 144 Å². The summed E-state index contributed by atoms with van der Waals surface area (Å²) < 4.78 is 38.5. The van der Waals surface area contributed by atoms with E-state index >= 15 is 0 Å². The summed E-state index contributed by atoms with van der Waals surface area (Å²) in [5.41, 5.74) is 8.33. The second-order valence-electron chi connectivity index (χ2n) is 5.52. The van der Waals surface area contributed by atoms with E-state index in [2.05, 4.69) is 23.3 Å². The third kappa shape index (κ3) is 5.92. The summed E-state index contributed by atoms with van der Waals surface area (Å²) in [4.78, 5) is 2.31. The lowest BCUT2D eigenvalue weighted by Gasteiger charge is -2.27. The van der Waals surface area contributed by atoms with Gasteiger partial charge in [-0.2, -0.15) is 0 Å². The maximum Gasteiger partial charge on any atom is 0.369 e. The molecule has 0 saturated heterocycles. The largest absolute Gasteiger partial charge is 0.391 e. The maximum absolute atomic E-state index is 11.7. The average Bonchev–Trinajstić information content (AvgIpc) is 2.55. The molecule has 0 radical (unpaired) electrons. The van der Waals surface area contributed by atoms with Crippen molar-refractivity contribution in [1.29, 1.82) is 0 Å². The second kappa shape index (κ2) is 9.80. The molecule has 0 atom stereocenters. The molecular formula is C15H25N3O4SSi. The molecule has 0 amide bonds. The van der Waals surface area contributed by atoms with Gasteiger partial charge in [0.15, 0.2) is 0 Å². The van der Waals surface area contributed by atoms with Crippen LogP contribution in [-0.4, -0.2) is 30.2 Å². The van der Waals surface area contributed by atoms with Crippen LogP contribution in [0.3, 0.4) is 0 Å². The van der Waals surface area contributed by atoms with Crippen molar-refractivity contribution in [2.75, 3.05) is 13.2 Å². The van der Waals surface area contributed by atoms with E-state index < -0.39 is 18.6 Å². The van der Waals surface area contributed by atoms with Crippen LogP contribution in [0.4, 0.5) is 0 Å². The van der Waals surface area contributed by atoms with Gasteiger partial charge in [-0.05, 0) is 42.2 Å². The van der Waals surface area contributed by atoms with E-state index in [1.807, 2.05) is 6.55 Å². The van der Waals surface area contributed by atoms with Gasteiger partial charge in [0, 0.05) is 22.6 Å². The average molecular weight is 372 g/mol. The van der Waals surface area contributed by atoms with Gasteiger partial charge in [-0.25, -0.2) is 8.42 Å². The van der Waals surface area contributed by atoms with Gasteiger partial charge in [0.25, 0.3) is 10.0 Å². The van der Waals surface area contributed by atoms with Crippen molar-refractivity contribution in [3.05, 3.63) is 34.7 Å². The number of benzene rings is 1. The van der Waals surface area contributed by atoms with Crippen molar-refractivity contribution in [2.45, 2.75) is 51.0 Å². The molecule has 7 nitrogen and oxygen atoms in total. The molecule has 0 spiro atoms. The predicted molar refractivity (Wildman–Crippen MR) is 95.7 cm³/mol. The number of sulfonamides is 1. The lowest BCUT2D eigenvalue weighted by atomic mass is 10.4. The summed E-state index contributed by atoms with van der Waals surface area (Å²) in [6, 6.07) is 6.22.